The number of amides is 1. The summed E-state index contributed by atoms with van der Waals surface area (Å²) in [5, 5.41) is 0. The number of pyridine rings is 1. The largest absolute Gasteiger partial charge is 0.341 e. The highest BCUT2D eigenvalue weighted by molar-refractivity contribution is 5.92. The fourth-order valence-corrected chi connectivity index (χ4v) is 0.938. The van der Waals surface area contributed by atoms with Crippen molar-refractivity contribution in [2.45, 2.75) is 6.92 Å². The van der Waals surface area contributed by atoms with Crippen LogP contribution in [0.15, 0.2) is 18.2 Å². The maximum atomic E-state index is 11.6. The van der Waals surface area contributed by atoms with Gasteiger partial charge >= 0.3 is 0 Å². The third kappa shape index (κ3) is 2.28. The van der Waals surface area contributed by atoms with E-state index in [1.165, 1.54) is 0 Å². The maximum Gasteiger partial charge on any atom is 0.272 e. The molecule has 1 aromatic rings. The van der Waals surface area contributed by atoms with Crippen molar-refractivity contribution in [2.24, 2.45) is 0 Å². The molecular weight excluding hydrogens is 164 g/mol. The van der Waals surface area contributed by atoms with Gasteiger partial charge < -0.3 is 4.90 Å². The Morgan fingerprint density at radius 3 is 2.85 bits per heavy atom. The first-order chi connectivity index (χ1) is 6.15. The number of carbonyl (C=O) groups excluding carboxylic acids is 1. The van der Waals surface area contributed by atoms with Gasteiger partial charge in [0.2, 0.25) is 0 Å². The zero-order valence-electron chi connectivity index (χ0n) is 7.95. The molecule has 0 aliphatic heterocycles. The van der Waals surface area contributed by atoms with Crippen LogP contribution in [0.5, 0.6) is 0 Å². The van der Waals surface area contributed by atoms with E-state index in [-0.39, 0.29) is 5.91 Å². The van der Waals surface area contributed by atoms with E-state index in [1.807, 2.05) is 6.92 Å². The second-order valence-corrected chi connectivity index (χ2v) is 2.83. The van der Waals surface area contributed by atoms with Crippen molar-refractivity contribution in [1.29, 1.82) is 0 Å². The van der Waals surface area contributed by atoms with Crippen molar-refractivity contribution in [1.82, 2.24) is 9.88 Å². The molecule has 0 N–H and O–H groups in total. The first-order valence-electron chi connectivity index (χ1n) is 4.19. The Hall–Kier alpha value is -1.38. The fourth-order valence-electron chi connectivity index (χ4n) is 0.938. The Balaban J connectivity index is 2.89. The molecule has 0 atom stereocenters. The summed E-state index contributed by atoms with van der Waals surface area (Å²) in [5.41, 5.74) is 1.08. The lowest BCUT2D eigenvalue weighted by atomic mass is 10.3. The summed E-state index contributed by atoms with van der Waals surface area (Å²) in [5.74, 6) is -0.0620. The van der Waals surface area contributed by atoms with Crippen LogP contribution in [0.2, 0.25) is 0 Å². The molecule has 0 fully saturated rings. The fraction of sp³-hybridized carbons (Fsp3) is 0.300. The standard InChI is InChI=1S/C10H13N2O/c1-4-12(3)10(13)9-7-5-6-8(2)11-9/h5-7H,2,4H2,1,3H3. The number of hydrogen-bond acceptors (Lipinski definition) is 2. The lowest BCUT2D eigenvalue weighted by molar-refractivity contribution is 0.0796. The highest BCUT2D eigenvalue weighted by Crippen LogP contribution is 2.01. The zero-order chi connectivity index (χ0) is 9.84. The van der Waals surface area contributed by atoms with Gasteiger partial charge in [-0.3, -0.25) is 4.79 Å². The van der Waals surface area contributed by atoms with E-state index in [4.69, 9.17) is 0 Å². The monoisotopic (exact) mass is 177 g/mol. The molecule has 13 heavy (non-hydrogen) atoms. The lowest BCUT2D eigenvalue weighted by Crippen LogP contribution is -2.27. The molecule has 1 amide bonds. The van der Waals surface area contributed by atoms with E-state index in [0.717, 1.165) is 0 Å². The van der Waals surface area contributed by atoms with Crippen LogP contribution in [0.1, 0.15) is 23.1 Å². The molecule has 3 heteroatoms. The molecular formula is C10H13N2O. The number of nitrogens with zero attached hydrogens (tertiary/aromatic N) is 2. The van der Waals surface area contributed by atoms with Gasteiger partial charge in [-0.2, -0.15) is 0 Å². The number of carbonyl (C=O) groups is 1. The molecule has 1 radical (unpaired) electrons. The van der Waals surface area contributed by atoms with Crippen molar-refractivity contribution in [3.8, 4) is 0 Å². The second kappa shape index (κ2) is 4.03. The topological polar surface area (TPSA) is 33.2 Å². The van der Waals surface area contributed by atoms with Crippen LogP contribution in [0.3, 0.4) is 0 Å². The number of rotatable bonds is 2. The Labute approximate surface area is 78.4 Å². The van der Waals surface area contributed by atoms with Crippen LogP contribution in [0.25, 0.3) is 0 Å². The highest BCUT2D eigenvalue weighted by atomic mass is 16.2. The van der Waals surface area contributed by atoms with Gasteiger partial charge in [0.15, 0.2) is 0 Å². The molecule has 0 saturated heterocycles. The molecule has 69 valence electrons. The number of hydrogen-bond donors (Lipinski definition) is 0. The van der Waals surface area contributed by atoms with Crippen LogP contribution >= 0.6 is 0 Å². The molecule has 1 aromatic heterocycles. The van der Waals surface area contributed by atoms with Crippen molar-refractivity contribution < 1.29 is 4.79 Å². The van der Waals surface area contributed by atoms with Crippen LogP contribution in [-0.4, -0.2) is 29.4 Å². The van der Waals surface area contributed by atoms with Gasteiger partial charge in [-0.1, -0.05) is 6.07 Å². The Kier molecular flexibility index (Phi) is 3.01. The summed E-state index contributed by atoms with van der Waals surface area (Å²) in [6.07, 6.45) is 0. The predicted molar refractivity (Wildman–Crippen MR) is 51.3 cm³/mol. The molecule has 0 aliphatic rings. The molecule has 3 nitrogen and oxygen atoms in total. The van der Waals surface area contributed by atoms with Crippen molar-refractivity contribution in [3.63, 3.8) is 0 Å². The van der Waals surface area contributed by atoms with Crippen LogP contribution in [0, 0.1) is 6.92 Å². The lowest BCUT2D eigenvalue weighted by Gasteiger charge is -2.13. The van der Waals surface area contributed by atoms with Crippen LogP contribution in [0.4, 0.5) is 0 Å². The summed E-state index contributed by atoms with van der Waals surface area (Å²) in [6.45, 7) is 6.27. The van der Waals surface area contributed by atoms with Gasteiger partial charge in [-0.15, -0.1) is 0 Å². The summed E-state index contributed by atoms with van der Waals surface area (Å²) in [4.78, 5) is 17.2. The number of aromatic nitrogens is 1. The first-order valence-corrected chi connectivity index (χ1v) is 4.19. The Morgan fingerprint density at radius 1 is 1.62 bits per heavy atom. The van der Waals surface area contributed by atoms with Gasteiger partial charge in [0.05, 0.1) is 0 Å². The molecule has 1 rings (SSSR count). The minimum Gasteiger partial charge on any atom is -0.341 e. The second-order valence-electron chi connectivity index (χ2n) is 2.83. The minimum atomic E-state index is -0.0620. The SMILES string of the molecule is [CH2]c1cccc(C(=O)N(C)CC)n1. The Morgan fingerprint density at radius 2 is 2.31 bits per heavy atom. The van der Waals surface area contributed by atoms with Gasteiger partial charge in [-0.25, -0.2) is 4.98 Å². The quantitative estimate of drug-likeness (QED) is 0.683. The third-order valence-corrected chi connectivity index (χ3v) is 1.85. The van der Waals surface area contributed by atoms with Crippen molar-refractivity contribution in [2.75, 3.05) is 13.6 Å². The van der Waals surface area contributed by atoms with E-state index in [2.05, 4.69) is 11.9 Å². The normalized spacial score (nSPS) is 9.77. The third-order valence-electron chi connectivity index (χ3n) is 1.85. The van der Waals surface area contributed by atoms with Gasteiger partial charge in [0.1, 0.15) is 5.69 Å². The molecule has 0 aromatic carbocycles. The van der Waals surface area contributed by atoms with E-state index in [0.29, 0.717) is 17.9 Å². The zero-order valence-corrected chi connectivity index (χ0v) is 7.95. The molecule has 0 spiro atoms. The van der Waals surface area contributed by atoms with Gasteiger partial charge in [0.25, 0.3) is 5.91 Å². The summed E-state index contributed by atoms with van der Waals surface area (Å²) in [6, 6.07) is 5.25. The maximum absolute atomic E-state index is 11.6. The molecule has 0 aliphatic carbocycles. The van der Waals surface area contributed by atoms with Gasteiger partial charge in [0, 0.05) is 19.3 Å². The molecule has 0 unspecified atom stereocenters. The first kappa shape index (κ1) is 9.71. The van der Waals surface area contributed by atoms with Gasteiger partial charge in [-0.05, 0) is 26.0 Å². The molecule has 0 saturated carbocycles. The van der Waals surface area contributed by atoms with E-state index < -0.39 is 0 Å². The van der Waals surface area contributed by atoms with E-state index >= 15 is 0 Å². The smallest absolute Gasteiger partial charge is 0.272 e. The summed E-state index contributed by atoms with van der Waals surface area (Å²) < 4.78 is 0. The van der Waals surface area contributed by atoms with E-state index in [9.17, 15) is 4.79 Å². The van der Waals surface area contributed by atoms with Crippen LogP contribution < -0.4 is 0 Å². The summed E-state index contributed by atoms with van der Waals surface area (Å²) in [7, 11) is 1.75. The molecule has 0 bridgehead atoms. The Bertz CT molecular complexity index is 310. The average molecular weight is 177 g/mol. The highest BCUT2D eigenvalue weighted by Gasteiger charge is 2.10. The van der Waals surface area contributed by atoms with E-state index in [1.54, 1.807) is 30.1 Å². The summed E-state index contributed by atoms with van der Waals surface area (Å²) >= 11 is 0. The molecule has 1 heterocycles. The van der Waals surface area contributed by atoms with Crippen molar-refractivity contribution in [3.05, 3.63) is 36.5 Å². The van der Waals surface area contributed by atoms with Crippen molar-refractivity contribution >= 4 is 5.91 Å². The van der Waals surface area contributed by atoms with Crippen LogP contribution in [-0.2, 0) is 0 Å². The average Bonchev–Trinajstić information content (AvgIpc) is 2.15. The predicted octanol–water partition coefficient (Wildman–Crippen LogP) is 1.36. The minimum absolute atomic E-state index is 0.0620.